The molecule has 14 heavy (non-hydrogen) atoms. The Morgan fingerprint density at radius 2 is 2.43 bits per heavy atom. The van der Waals surface area contributed by atoms with E-state index in [4.69, 9.17) is 5.73 Å². The lowest BCUT2D eigenvalue weighted by molar-refractivity contribution is 0.161. The zero-order valence-corrected chi connectivity index (χ0v) is 8.74. The molecule has 78 valence electrons. The summed E-state index contributed by atoms with van der Waals surface area (Å²) in [5.41, 5.74) is 7.29. The highest BCUT2D eigenvalue weighted by molar-refractivity contribution is 5.22. The Morgan fingerprint density at radius 1 is 1.57 bits per heavy atom. The smallest absolute Gasteiger partial charge is 0.0988 e. The van der Waals surface area contributed by atoms with E-state index < -0.39 is 0 Å². The van der Waals surface area contributed by atoms with Gasteiger partial charge in [-0.25, -0.2) is 0 Å². The summed E-state index contributed by atoms with van der Waals surface area (Å²) < 4.78 is 0. The molecule has 0 aliphatic carbocycles. The van der Waals surface area contributed by atoms with Gasteiger partial charge >= 0.3 is 0 Å². The number of rotatable bonds is 1. The molecule has 0 aromatic heterocycles. The van der Waals surface area contributed by atoms with Crippen LogP contribution in [0, 0.1) is 0 Å². The number of nitrogens with one attached hydrogen (secondary N) is 1. The first kappa shape index (κ1) is 9.74. The number of hydrogen-bond acceptors (Lipinski definition) is 3. The largest absolute Gasteiger partial charge is 0.372 e. The van der Waals surface area contributed by atoms with Crippen LogP contribution in [-0.4, -0.2) is 30.2 Å². The average Bonchev–Trinajstić information content (AvgIpc) is 2.18. The molecule has 0 saturated carbocycles. The number of allylic oxidation sites excluding steroid dienone is 2. The fourth-order valence-corrected chi connectivity index (χ4v) is 2.13. The van der Waals surface area contributed by atoms with Gasteiger partial charge in [0.1, 0.15) is 0 Å². The molecule has 0 radical (unpaired) electrons. The fraction of sp³-hybridized carbons (Fsp3) is 0.636. The molecule has 1 saturated heterocycles. The lowest BCUT2D eigenvalue weighted by atomic mass is 10.1. The Hall–Kier alpha value is -0.800. The zero-order chi connectivity index (χ0) is 9.97. The van der Waals surface area contributed by atoms with E-state index in [0.717, 1.165) is 13.1 Å². The first-order chi connectivity index (χ1) is 6.75. The van der Waals surface area contributed by atoms with Crippen molar-refractivity contribution >= 4 is 0 Å². The molecule has 0 bridgehead atoms. The summed E-state index contributed by atoms with van der Waals surface area (Å²) in [4.78, 5) is 2.42. The van der Waals surface area contributed by atoms with Gasteiger partial charge in [-0.05, 0) is 38.1 Å². The van der Waals surface area contributed by atoms with Crippen LogP contribution in [-0.2, 0) is 0 Å². The first-order valence-corrected chi connectivity index (χ1v) is 5.36. The van der Waals surface area contributed by atoms with E-state index in [-0.39, 0.29) is 0 Å². The Morgan fingerprint density at radius 3 is 3.14 bits per heavy atom. The molecule has 3 nitrogen and oxygen atoms in total. The third kappa shape index (κ3) is 2.16. The summed E-state index contributed by atoms with van der Waals surface area (Å²) in [6.07, 6.45) is 9.13. The monoisotopic (exact) mass is 193 g/mol. The van der Waals surface area contributed by atoms with Gasteiger partial charge in [0.25, 0.3) is 0 Å². The molecule has 0 spiro atoms. The maximum atomic E-state index is 5.96. The predicted molar refractivity (Wildman–Crippen MR) is 58.6 cm³/mol. The van der Waals surface area contributed by atoms with Crippen molar-refractivity contribution in [2.24, 2.45) is 5.73 Å². The maximum Gasteiger partial charge on any atom is 0.0988 e. The van der Waals surface area contributed by atoms with Crippen LogP contribution in [0.3, 0.4) is 0 Å². The number of likely N-dealkylation sites (tertiary alicyclic amines) is 1. The lowest BCUT2D eigenvalue weighted by Gasteiger charge is -2.36. The van der Waals surface area contributed by atoms with Crippen LogP contribution in [0.4, 0.5) is 0 Å². The minimum absolute atomic E-state index is 0.352. The molecule has 1 unspecified atom stereocenters. The van der Waals surface area contributed by atoms with Crippen molar-refractivity contribution in [3.05, 3.63) is 23.9 Å². The summed E-state index contributed by atoms with van der Waals surface area (Å²) in [6.45, 7) is 4.30. The Kier molecular flexibility index (Phi) is 2.89. The SMILES string of the molecule is CC1=CC(N2CCC[C@H](N)C2)NC=C1. The van der Waals surface area contributed by atoms with Crippen LogP contribution in [0.1, 0.15) is 19.8 Å². The van der Waals surface area contributed by atoms with Crippen molar-refractivity contribution < 1.29 is 0 Å². The molecule has 2 aliphatic heterocycles. The molecule has 2 aliphatic rings. The van der Waals surface area contributed by atoms with Crippen LogP contribution in [0.15, 0.2) is 23.9 Å². The van der Waals surface area contributed by atoms with Gasteiger partial charge in [0.2, 0.25) is 0 Å². The van der Waals surface area contributed by atoms with Crippen molar-refractivity contribution in [3.8, 4) is 0 Å². The fourth-order valence-electron chi connectivity index (χ4n) is 2.13. The van der Waals surface area contributed by atoms with Crippen LogP contribution in [0.5, 0.6) is 0 Å². The van der Waals surface area contributed by atoms with E-state index in [1.807, 2.05) is 6.20 Å². The van der Waals surface area contributed by atoms with Crippen LogP contribution >= 0.6 is 0 Å². The number of nitrogens with two attached hydrogens (primary N) is 1. The number of piperidine rings is 1. The van der Waals surface area contributed by atoms with Gasteiger partial charge in [0, 0.05) is 19.1 Å². The van der Waals surface area contributed by atoms with Gasteiger partial charge in [-0.1, -0.05) is 5.57 Å². The molecule has 1 fully saturated rings. The summed E-state index contributed by atoms with van der Waals surface area (Å²) in [6, 6.07) is 0.352. The second-order valence-electron chi connectivity index (χ2n) is 4.25. The van der Waals surface area contributed by atoms with Crippen LogP contribution < -0.4 is 11.1 Å². The van der Waals surface area contributed by atoms with Crippen LogP contribution in [0.2, 0.25) is 0 Å². The molecular weight excluding hydrogens is 174 g/mol. The predicted octanol–water partition coefficient (Wildman–Crippen LogP) is 0.799. The van der Waals surface area contributed by atoms with E-state index in [1.54, 1.807) is 0 Å². The second-order valence-corrected chi connectivity index (χ2v) is 4.25. The molecule has 3 heteroatoms. The standard InChI is InChI=1S/C11H19N3/c1-9-4-5-13-11(7-9)14-6-2-3-10(12)8-14/h4-5,7,10-11,13H,2-3,6,8,12H2,1H3/t10-,11?/m0/s1. The molecule has 0 aromatic carbocycles. The third-order valence-electron chi connectivity index (χ3n) is 2.92. The third-order valence-corrected chi connectivity index (χ3v) is 2.92. The highest BCUT2D eigenvalue weighted by Crippen LogP contribution is 2.14. The summed E-state index contributed by atoms with van der Waals surface area (Å²) in [5.74, 6) is 0. The van der Waals surface area contributed by atoms with Gasteiger partial charge in [-0.3, -0.25) is 4.90 Å². The molecular formula is C11H19N3. The molecule has 0 amide bonds. The molecule has 2 rings (SSSR count). The minimum Gasteiger partial charge on any atom is -0.372 e. The maximum absolute atomic E-state index is 5.96. The summed E-state index contributed by atoms with van der Waals surface area (Å²) in [7, 11) is 0. The van der Waals surface area contributed by atoms with Gasteiger partial charge in [-0.15, -0.1) is 0 Å². The van der Waals surface area contributed by atoms with Crippen molar-refractivity contribution in [1.82, 2.24) is 10.2 Å². The molecule has 2 heterocycles. The molecule has 3 N–H and O–H groups in total. The minimum atomic E-state index is 0.352. The van der Waals surface area contributed by atoms with E-state index >= 15 is 0 Å². The van der Waals surface area contributed by atoms with E-state index in [1.165, 1.54) is 18.4 Å². The topological polar surface area (TPSA) is 41.3 Å². The van der Waals surface area contributed by atoms with E-state index in [9.17, 15) is 0 Å². The van der Waals surface area contributed by atoms with Gasteiger partial charge in [-0.2, -0.15) is 0 Å². The first-order valence-electron chi connectivity index (χ1n) is 5.36. The Balaban J connectivity index is 1.97. The van der Waals surface area contributed by atoms with Gasteiger partial charge in [0.05, 0.1) is 6.17 Å². The Labute approximate surface area is 85.6 Å². The van der Waals surface area contributed by atoms with Gasteiger partial charge < -0.3 is 11.1 Å². The number of nitrogens with zero attached hydrogens (tertiary/aromatic N) is 1. The summed E-state index contributed by atoms with van der Waals surface area (Å²) in [5, 5.41) is 3.35. The van der Waals surface area contributed by atoms with Gasteiger partial charge in [0.15, 0.2) is 0 Å². The van der Waals surface area contributed by atoms with Crippen molar-refractivity contribution in [3.63, 3.8) is 0 Å². The number of hydrogen-bond donors (Lipinski definition) is 2. The van der Waals surface area contributed by atoms with Crippen molar-refractivity contribution in [1.29, 1.82) is 0 Å². The number of dihydropyridines is 1. The molecule has 2 atom stereocenters. The zero-order valence-electron chi connectivity index (χ0n) is 8.74. The summed E-state index contributed by atoms with van der Waals surface area (Å²) >= 11 is 0. The second kappa shape index (κ2) is 4.15. The van der Waals surface area contributed by atoms with E-state index in [0.29, 0.717) is 12.2 Å². The lowest BCUT2D eigenvalue weighted by Crippen LogP contribution is -2.51. The van der Waals surface area contributed by atoms with Crippen LogP contribution in [0.25, 0.3) is 0 Å². The van der Waals surface area contributed by atoms with E-state index in [2.05, 4.69) is 29.3 Å². The van der Waals surface area contributed by atoms with Crippen molar-refractivity contribution in [2.75, 3.05) is 13.1 Å². The highest BCUT2D eigenvalue weighted by Gasteiger charge is 2.22. The quantitative estimate of drug-likeness (QED) is 0.647. The van der Waals surface area contributed by atoms with Crippen molar-refractivity contribution in [2.45, 2.75) is 32.0 Å². The Bertz CT molecular complexity index is 257. The highest BCUT2D eigenvalue weighted by atomic mass is 15.3. The molecule has 0 aromatic rings. The normalized spacial score (nSPS) is 33.7. The average molecular weight is 193 g/mol.